The minimum atomic E-state index is 0.671. The van der Waals surface area contributed by atoms with E-state index < -0.39 is 0 Å². The molecule has 0 aliphatic carbocycles. The minimum absolute atomic E-state index is 0.671. The van der Waals surface area contributed by atoms with Crippen LogP contribution in [0.25, 0.3) is 32.5 Å². The summed E-state index contributed by atoms with van der Waals surface area (Å²) >= 11 is 1.48. The van der Waals surface area contributed by atoms with Gasteiger partial charge in [0.25, 0.3) is 0 Å². The zero-order valence-electron chi connectivity index (χ0n) is 21.1. The number of hydrogen-bond donors (Lipinski definition) is 0. The third-order valence-electron chi connectivity index (χ3n) is 4.27. The Balaban J connectivity index is 0.000000295. The van der Waals surface area contributed by atoms with Gasteiger partial charge in [0.1, 0.15) is 5.01 Å². The van der Waals surface area contributed by atoms with E-state index in [-0.39, 0.29) is 0 Å². The van der Waals surface area contributed by atoms with E-state index in [2.05, 4.69) is 91.4 Å². The van der Waals surface area contributed by atoms with Crippen LogP contribution in [0.2, 0.25) is 0 Å². The lowest BCUT2D eigenvalue weighted by atomic mass is 10.2. The molecule has 0 fully saturated rings. The summed E-state index contributed by atoms with van der Waals surface area (Å²) in [7, 11) is 3.24. The number of ether oxygens (including phenoxy) is 2. The molecule has 8 nitrogen and oxygen atoms in total. The fraction of sp³-hybridized carbons (Fsp3) is 0.0667. The molecule has 2 heterocycles. The number of fused-ring (bicyclic) bond motifs is 1. The van der Waals surface area contributed by atoms with E-state index >= 15 is 0 Å². The van der Waals surface area contributed by atoms with Crippen LogP contribution < -0.4 is 9.47 Å². The molecule has 0 unspecified atom stereocenters. The van der Waals surface area contributed by atoms with Gasteiger partial charge >= 0.3 is 5.87 Å². The Hall–Kier alpha value is -6.01. The lowest BCUT2D eigenvalue weighted by Crippen LogP contribution is -1.92. The molecule has 0 saturated heterocycles. The summed E-state index contributed by atoms with van der Waals surface area (Å²) in [6.45, 7) is 9.69. The molecule has 0 bridgehead atoms. The van der Waals surface area contributed by atoms with Crippen molar-refractivity contribution in [2.24, 2.45) is 0 Å². The SMILES string of the molecule is C=C=C=C=C=C=C.C=C=C=C=C=C=[N+]=[N-].COc1ccc(-c2nn3c(-c4ccccc4)nnc3s2)cc1OC. The highest BCUT2D eigenvalue weighted by atomic mass is 32.1. The van der Waals surface area contributed by atoms with Crippen LogP contribution in [-0.4, -0.2) is 44.7 Å². The van der Waals surface area contributed by atoms with Gasteiger partial charge in [0.15, 0.2) is 17.3 Å². The van der Waals surface area contributed by atoms with Crippen LogP contribution >= 0.6 is 11.3 Å². The molecule has 0 N–H and O–H groups in total. The van der Waals surface area contributed by atoms with E-state index in [1.807, 2.05) is 54.4 Å². The number of methoxy groups -OCH3 is 2. The van der Waals surface area contributed by atoms with Gasteiger partial charge in [0, 0.05) is 16.9 Å². The summed E-state index contributed by atoms with van der Waals surface area (Å²) in [5.74, 6) is 4.06. The van der Waals surface area contributed by atoms with Crippen LogP contribution in [0.4, 0.5) is 0 Å². The van der Waals surface area contributed by atoms with Crippen molar-refractivity contribution in [2.75, 3.05) is 14.2 Å². The minimum Gasteiger partial charge on any atom is -0.493 e. The van der Waals surface area contributed by atoms with Crippen molar-refractivity contribution in [1.29, 1.82) is 0 Å². The average Bonchev–Trinajstić information content (AvgIpc) is 3.58. The molecule has 0 amide bonds. The second-order valence-electron chi connectivity index (χ2n) is 6.55. The summed E-state index contributed by atoms with van der Waals surface area (Å²) < 4.78 is 12.4. The van der Waals surface area contributed by atoms with Crippen LogP contribution in [0.1, 0.15) is 0 Å². The van der Waals surface area contributed by atoms with Gasteiger partial charge in [-0.2, -0.15) is 9.61 Å². The van der Waals surface area contributed by atoms with E-state index in [1.54, 1.807) is 18.7 Å². The fourth-order valence-electron chi connectivity index (χ4n) is 2.72. The fourth-order valence-corrected chi connectivity index (χ4v) is 3.55. The first-order valence-electron chi connectivity index (χ1n) is 10.8. The summed E-state index contributed by atoms with van der Waals surface area (Å²) in [6, 6.07) is 15.6. The Kier molecular flexibility index (Phi) is 12.5. The molecule has 0 spiro atoms. The predicted molar refractivity (Wildman–Crippen MR) is 150 cm³/mol. The van der Waals surface area contributed by atoms with Gasteiger partial charge in [-0.1, -0.05) is 58.9 Å². The van der Waals surface area contributed by atoms with Crippen LogP contribution in [0.15, 0.2) is 120 Å². The van der Waals surface area contributed by atoms with Gasteiger partial charge in [-0.25, -0.2) is 0 Å². The monoisotopic (exact) mass is 528 g/mol. The summed E-state index contributed by atoms with van der Waals surface area (Å²) in [5.41, 5.74) is 30.8. The maximum atomic E-state index is 7.71. The second kappa shape index (κ2) is 16.6. The molecule has 2 aromatic carbocycles. The van der Waals surface area contributed by atoms with E-state index in [0.29, 0.717) is 11.5 Å². The van der Waals surface area contributed by atoms with Gasteiger partial charge in [-0.3, -0.25) is 0 Å². The van der Waals surface area contributed by atoms with Gasteiger partial charge in [0.05, 0.1) is 20.0 Å². The number of nitrogens with zero attached hydrogens (tertiary/aromatic N) is 6. The van der Waals surface area contributed by atoms with Gasteiger partial charge in [0.2, 0.25) is 4.96 Å². The van der Waals surface area contributed by atoms with Crippen molar-refractivity contribution in [2.45, 2.75) is 0 Å². The van der Waals surface area contributed by atoms with Gasteiger partial charge < -0.3 is 15.0 Å². The summed E-state index contributed by atoms with van der Waals surface area (Å²) in [4.78, 5) is 3.24. The molecule has 0 aliphatic heterocycles. The Bertz CT molecular complexity index is 1800. The Morgan fingerprint density at radius 2 is 1.44 bits per heavy atom. The van der Waals surface area contributed by atoms with Crippen molar-refractivity contribution < 1.29 is 14.3 Å². The Morgan fingerprint density at radius 3 is 2.03 bits per heavy atom. The van der Waals surface area contributed by atoms with Crippen LogP contribution in [-0.2, 0) is 0 Å². The first kappa shape index (κ1) is 29.2. The molecule has 0 atom stereocenters. The highest BCUT2D eigenvalue weighted by Gasteiger charge is 2.15. The first-order valence-corrected chi connectivity index (χ1v) is 11.6. The summed E-state index contributed by atoms with van der Waals surface area (Å²) in [6.07, 6.45) is 0. The lowest BCUT2D eigenvalue weighted by Gasteiger charge is -2.07. The van der Waals surface area contributed by atoms with Crippen molar-refractivity contribution in [1.82, 2.24) is 19.8 Å². The normalized spacial score (nSPS) is 8.05. The Morgan fingerprint density at radius 1 is 0.795 bits per heavy atom. The molecule has 0 aliphatic rings. The standard InChI is InChI=1S/C17H14N4O2S.C7H4.C6H2N2/c1-22-13-9-8-12(10-14(13)23-2)16-20-21-15(18-19-17(21)24-16)11-6-4-3-5-7-11;1-3-5-7-6-4-2;1-2-3-4-5-6-8-7/h3-10H,1-2H3;1-2H2;1H2. The predicted octanol–water partition coefficient (Wildman–Crippen LogP) is 5.81. The number of hydrogen-bond acceptors (Lipinski definition) is 6. The molecule has 0 saturated carbocycles. The van der Waals surface area contributed by atoms with E-state index in [0.717, 1.165) is 26.9 Å². The maximum Gasteiger partial charge on any atom is 0.363 e. The molecule has 0 radical (unpaired) electrons. The second-order valence-corrected chi connectivity index (χ2v) is 7.51. The maximum absolute atomic E-state index is 7.71. The van der Waals surface area contributed by atoms with Gasteiger partial charge in [-0.05, 0) is 60.9 Å². The summed E-state index contributed by atoms with van der Waals surface area (Å²) in [5, 5.41) is 14.0. The van der Waals surface area contributed by atoms with Gasteiger partial charge in [-0.15, -0.1) is 15.0 Å². The zero-order valence-corrected chi connectivity index (χ0v) is 22.0. The van der Waals surface area contributed by atoms with E-state index in [9.17, 15) is 0 Å². The van der Waals surface area contributed by atoms with Crippen molar-refractivity contribution in [3.8, 4) is 33.5 Å². The molecule has 2 aromatic heterocycles. The topological polar surface area (TPSA) is 97.9 Å². The molecule has 4 rings (SSSR count). The molecule has 4 aromatic rings. The third kappa shape index (κ3) is 8.86. The van der Waals surface area contributed by atoms with Crippen LogP contribution in [0, 0.1) is 0 Å². The Labute approximate surface area is 229 Å². The zero-order chi connectivity index (χ0) is 28.3. The highest BCUT2D eigenvalue weighted by molar-refractivity contribution is 7.19. The van der Waals surface area contributed by atoms with E-state index in [4.69, 9.17) is 15.0 Å². The van der Waals surface area contributed by atoms with Crippen LogP contribution in [0.3, 0.4) is 0 Å². The number of aromatic nitrogens is 4. The largest absolute Gasteiger partial charge is 0.493 e. The van der Waals surface area contributed by atoms with E-state index in [1.165, 1.54) is 11.3 Å². The molecule has 188 valence electrons. The molecule has 9 heteroatoms. The third-order valence-corrected chi connectivity index (χ3v) is 5.22. The number of benzene rings is 2. The quantitative estimate of drug-likeness (QED) is 0.144. The van der Waals surface area contributed by atoms with Crippen LogP contribution in [0.5, 0.6) is 11.5 Å². The molecule has 39 heavy (non-hydrogen) atoms. The smallest absolute Gasteiger partial charge is 0.363 e. The molecular weight excluding hydrogens is 508 g/mol. The highest BCUT2D eigenvalue weighted by Crippen LogP contribution is 2.34. The van der Waals surface area contributed by atoms with Crippen molar-refractivity contribution in [3.63, 3.8) is 0 Å². The number of rotatable bonds is 4. The van der Waals surface area contributed by atoms with Crippen molar-refractivity contribution >= 4 is 22.2 Å². The van der Waals surface area contributed by atoms with Crippen molar-refractivity contribution in [3.05, 3.63) is 125 Å². The lowest BCUT2D eigenvalue weighted by molar-refractivity contribution is 0.00819. The average molecular weight is 529 g/mol. The molecular formula is C30H20N6O2S. The first-order chi connectivity index (χ1) is 19.1.